The van der Waals surface area contributed by atoms with Crippen molar-refractivity contribution in [3.8, 4) is 0 Å². The lowest BCUT2D eigenvalue weighted by Gasteiger charge is -2.07. The summed E-state index contributed by atoms with van der Waals surface area (Å²) in [4.78, 5) is 24.6. The highest BCUT2D eigenvalue weighted by Gasteiger charge is 2.08. The Morgan fingerprint density at radius 1 is 1.25 bits per heavy atom. The highest BCUT2D eigenvalue weighted by molar-refractivity contribution is 5.94. The van der Waals surface area contributed by atoms with Crippen LogP contribution in [0.4, 0.5) is 5.95 Å². The summed E-state index contributed by atoms with van der Waals surface area (Å²) in [5.74, 6) is 1.62. The number of aromatic nitrogens is 4. The van der Waals surface area contributed by atoms with Gasteiger partial charge in [0.2, 0.25) is 5.95 Å². The molecule has 0 spiro atoms. The molecule has 2 aromatic heterocycles. The molecule has 1 N–H and O–H groups in total. The van der Waals surface area contributed by atoms with Crippen molar-refractivity contribution in [2.45, 2.75) is 26.7 Å². The second-order valence-electron chi connectivity index (χ2n) is 5.85. The van der Waals surface area contributed by atoms with Crippen LogP contribution in [-0.2, 0) is 13.5 Å². The smallest absolute Gasteiger partial charge is 0.222 e. The van der Waals surface area contributed by atoms with Gasteiger partial charge in [0, 0.05) is 26.2 Å². The predicted octanol–water partition coefficient (Wildman–Crippen LogP) is 2.92. The van der Waals surface area contributed by atoms with Gasteiger partial charge in [-0.05, 0) is 32.4 Å². The number of aryl methyl sites for hydroxylation is 3. The van der Waals surface area contributed by atoms with Gasteiger partial charge in [-0.2, -0.15) is 0 Å². The second-order valence-corrected chi connectivity index (χ2v) is 5.85. The van der Waals surface area contributed by atoms with Crippen molar-refractivity contribution in [1.29, 1.82) is 0 Å². The summed E-state index contributed by atoms with van der Waals surface area (Å²) in [6.45, 7) is 4.10. The Morgan fingerprint density at radius 3 is 2.75 bits per heavy atom. The number of hydrogen-bond acceptors (Lipinski definition) is 5. The first-order valence-electron chi connectivity index (χ1n) is 8.05. The van der Waals surface area contributed by atoms with Crippen LogP contribution in [0.15, 0.2) is 30.5 Å². The van der Waals surface area contributed by atoms with Gasteiger partial charge in [0.15, 0.2) is 5.78 Å². The van der Waals surface area contributed by atoms with Crippen LogP contribution in [0, 0.1) is 6.92 Å². The van der Waals surface area contributed by atoms with Crippen LogP contribution in [-0.4, -0.2) is 31.8 Å². The molecule has 0 bridgehead atoms. The maximum absolute atomic E-state index is 11.4. The molecule has 0 aliphatic carbocycles. The van der Waals surface area contributed by atoms with Gasteiger partial charge in [-0.15, -0.1) is 0 Å². The minimum atomic E-state index is -0.0131. The lowest BCUT2D eigenvalue weighted by Crippen LogP contribution is -2.10. The van der Waals surface area contributed by atoms with Crippen molar-refractivity contribution in [2.75, 3.05) is 11.9 Å². The molecule has 6 nitrogen and oxygen atoms in total. The topological polar surface area (TPSA) is 72.7 Å². The molecule has 0 aliphatic heterocycles. The van der Waals surface area contributed by atoms with Gasteiger partial charge >= 0.3 is 0 Å². The SMILES string of the molecule is CC(=O)c1cnc(NCCCc2nc3ccccc3n2C)nc1C. The molecule has 124 valence electrons. The van der Waals surface area contributed by atoms with E-state index in [4.69, 9.17) is 0 Å². The first-order valence-corrected chi connectivity index (χ1v) is 8.05. The van der Waals surface area contributed by atoms with Gasteiger partial charge in [-0.3, -0.25) is 4.79 Å². The fraction of sp³-hybridized carbons (Fsp3) is 0.333. The van der Waals surface area contributed by atoms with Gasteiger partial charge in [0.05, 0.1) is 22.3 Å². The first kappa shape index (κ1) is 16.1. The minimum Gasteiger partial charge on any atom is -0.354 e. The Balaban J connectivity index is 1.58. The molecule has 6 heteroatoms. The molecule has 0 saturated heterocycles. The van der Waals surface area contributed by atoms with E-state index in [-0.39, 0.29) is 5.78 Å². The Bertz CT molecular complexity index is 884. The molecule has 0 unspecified atom stereocenters. The summed E-state index contributed by atoms with van der Waals surface area (Å²) < 4.78 is 2.14. The summed E-state index contributed by atoms with van der Waals surface area (Å²) in [6, 6.07) is 8.15. The van der Waals surface area contributed by atoms with Crippen LogP contribution in [0.2, 0.25) is 0 Å². The summed E-state index contributed by atoms with van der Waals surface area (Å²) >= 11 is 0. The summed E-state index contributed by atoms with van der Waals surface area (Å²) in [5.41, 5.74) is 3.46. The number of nitrogens with one attached hydrogen (secondary N) is 1. The van der Waals surface area contributed by atoms with Crippen LogP contribution in [0.25, 0.3) is 11.0 Å². The van der Waals surface area contributed by atoms with E-state index in [2.05, 4.69) is 30.9 Å². The van der Waals surface area contributed by atoms with E-state index in [0.29, 0.717) is 17.2 Å². The number of Topliss-reactive ketones (excluding diaryl/α,β-unsaturated/α-hetero) is 1. The predicted molar refractivity (Wildman–Crippen MR) is 94.3 cm³/mol. The van der Waals surface area contributed by atoms with Gasteiger partial charge in [0.25, 0.3) is 0 Å². The second kappa shape index (κ2) is 6.78. The quantitative estimate of drug-likeness (QED) is 0.558. The Labute approximate surface area is 141 Å². The number of para-hydroxylation sites is 2. The van der Waals surface area contributed by atoms with Crippen LogP contribution >= 0.6 is 0 Å². The van der Waals surface area contributed by atoms with Crippen molar-refractivity contribution in [3.63, 3.8) is 0 Å². The molecular formula is C18H21N5O. The lowest BCUT2D eigenvalue weighted by molar-refractivity contribution is 0.101. The van der Waals surface area contributed by atoms with E-state index in [0.717, 1.165) is 36.2 Å². The van der Waals surface area contributed by atoms with Crippen LogP contribution in [0.3, 0.4) is 0 Å². The summed E-state index contributed by atoms with van der Waals surface area (Å²) in [7, 11) is 2.05. The highest BCUT2D eigenvalue weighted by atomic mass is 16.1. The number of anilines is 1. The number of carbonyl (C=O) groups is 1. The number of fused-ring (bicyclic) bond motifs is 1. The third kappa shape index (κ3) is 3.27. The minimum absolute atomic E-state index is 0.0131. The van der Waals surface area contributed by atoms with E-state index in [9.17, 15) is 4.79 Å². The fourth-order valence-corrected chi connectivity index (χ4v) is 2.76. The number of benzene rings is 1. The molecule has 1 aromatic carbocycles. The van der Waals surface area contributed by atoms with Gasteiger partial charge < -0.3 is 9.88 Å². The van der Waals surface area contributed by atoms with Gasteiger partial charge in [-0.1, -0.05) is 12.1 Å². The third-order valence-electron chi connectivity index (χ3n) is 4.10. The number of imidazole rings is 1. The fourth-order valence-electron chi connectivity index (χ4n) is 2.76. The third-order valence-corrected chi connectivity index (χ3v) is 4.10. The van der Waals surface area contributed by atoms with Gasteiger partial charge in [0.1, 0.15) is 5.82 Å². The number of carbonyl (C=O) groups excluding carboxylic acids is 1. The molecule has 0 atom stereocenters. The highest BCUT2D eigenvalue weighted by Crippen LogP contribution is 2.15. The average molecular weight is 323 g/mol. The van der Waals surface area contributed by atoms with E-state index >= 15 is 0 Å². The maximum atomic E-state index is 11.4. The average Bonchev–Trinajstić information content (AvgIpc) is 2.88. The number of nitrogens with zero attached hydrogens (tertiary/aromatic N) is 4. The molecule has 3 rings (SSSR count). The normalized spacial score (nSPS) is 11.0. The molecule has 3 aromatic rings. The standard InChI is InChI=1S/C18H21N5O/c1-12-14(13(2)24)11-20-18(21-12)19-10-6-9-17-22-15-7-4-5-8-16(15)23(17)3/h4-5,7-8,11H,6,9-10H2,1-3H3,(H,19,20,21). The number of ketones is 1. The van der Waals surface area contributed by atoms with E-state index in [1.807, 2.05) is 32.2 Å². The number of hydrogen-bond donors (Lipinski definition) is 1. The van der Waals surface area contributed by atoms with E-state index in [1.165, 1.54) is 6.92 Å². The summed E-state index contributed by atoms with van der Waals surface area (Å²) in [6.07, 6.45) is 3.38. The van der Waals surface area contributed by atoms with Crippen molar-refractivity contribution in [3.05, 3.63) is 47.5 Å². The van der Waals surface area contributed by atoms with Crippen molar-refractivity contribution < 1.29 is 4.79 Å². The molecule has 0 amide bonds. The Morgan fingerprint density at radius 2 is 2.04 bits per heavy atom. The monoisotopic (exact) mass is 323 g/mol. The lowest BCUT2D eigenvalue weighted by atomic mass is 10.2. The molecule has 0 radical (unpaired) electrons. The first-order chi connectivity index (χ1) is 11.6. The number of rotatable bonds is 6. The van der Waals surface area contributed by atoms with Crippen LogP contribution < -0.4 is 5.32 Å². The molecule has 0 aliphatic rings. The van der Waals surface area contributed by atoms with Crippen LogP contribution in [0.5, 0.6) is 0 Å². The molecule has 0 fully saturated rings. The van der Waals surface area contributed by atoms with Crippen LogP contribution in [0.1, 0.15) is 35.2 Å². The summed E-state index contributed by atoms with van der Waals surface area (Å²) in [5, 5.41) is 3.20. The molecule has 2 heterocycles. The van der Waals surface area contributed by atoms with E-state index in [1.54, 1.807) is 6.20 Å². The zero-order valence-corrected chi connectivity index (χ0v) is 14.2. The zero-order chi connectivity index (χ0) is 17.1. The Kier molecular flexibility index (Phi) is 4.55. The zero-order valence-electron chi connectivity index (χ0n) is 14.2. The van der Waals surface area contributed by atoms with Gasteiger partial charge in [-0.25, -0.2) is 15.0 Å². The van der Waals surface area contributed by atoms with Crippen molar-refractivity contribution >= 4 is 22.8 Å². The Hall–Kier alpha value is -2.76. The van der Waals surface area contributed by atoms with E-state index < -0.39 is 0 Å². The maximum Gasteiger partial charge on any atom is 0.222 e. The molecular weight excluding hydrogens is 302 g/mol. The largest absolute Gasteiger partial charge is 0.354 e. The molecule has 24 heavy (non-hydrogen) atoms. The van der Waals surface area contributed by atoms with Crippen molar-refractivity contribution in [2.24, 2.45) is 7.05 Å². The molecule has 0 saturated carbocycles. The van der Waals surface area contributed by atoms with Crippen molar-refractivity contribution in [1.82, 2.24) is 19.5 Å².